The summed E-state index contributed by atoms with van der Waals surface area (Å²) in [5.41, 5.74) is -1.63. The topological polar surface area (TPSA) is 89.9 Å². The van der Waals surface area contributed by atoms with E-state index >= 15 is 0 Å². The molecule has 1 aliphatic heterocycles. The number of carboxylic acids is 1. The van der Waals surface area contributed by atoms with Crippen LogP contribution in [0.4, 0.5) is 0 Å². The summed E-state index contributed by atoms with van der Waals surface area (Å²) in [6.07, 6.45) is 1.72. The number of fused-ring (bicyclic) bond motifs is 1. The van der Waals surface area contributed by atoms with E-state index in [1.807, 2.05) is 0 Å². The molecule has 5 unspecified atom stereocenters. The van der Waals surface area contributed by atoms with Gasteiger partial charge in [0.25, 0.3) is 0 Å². The number of ether oxygens (including phenoxy) is 2. The highest BCUT2D eigenvalue weighted by Crippen LogP contribution is 2.61. The molecule has 1 saturated heterocycles. The van der Waals surface area contributed by atoms with Crippen LogP contribution in [0, 0.1) is 17.8 Å². The maximum Gasteiger partial charge on any atom is 0.352 e. The molecule has 6 heteroatoms. The van der Waals surface area contributed by atoms with Gasteiger partial charge in [0.15, 0.2) is 0 Å². The Morgan fingerprint density at radius 1 is 1.50 bits per heavy atom. The molecule has 0 aromatic heterocycles. The monoisotopic (exact) mass is 252 g/mol. The summed E-state index contributed by atoms with van der Waals surface area (Å²) in [7, 11) is 0. The minimum Gasteiger partial charge on any atom is -0.481 e. The third-order valence-electron chi connectivity index (χ3n) is 4.30. The van der Waals surface area contributed by atoms with E-state index in [9.17, 15) is 19.5 Å². The van der Waals surface area contributed by atoms with Crippen molar-refractivity contribution in [2.75, 3.05) is 0 Å². The van der Waals surface area contributed by atoms with Crippen LogP contribution in [0.1, 0.15) is 12.8 Å². The molecule has 3 fully saturated rings. The highest BCUT2D eigenvalue weighted by atomic mass is 16.6. The van der Waals surface area contributed by atoms with Crippen molar-refractivity contribution in [3.8, 4) is 0 Å². The summed E-state index contributed by atoms with van der Waals surface area (Å²) in [5.74, 6) is -4.12. The maximum atomic E-state index is 12.0. The zero-order valence-electron chi connectivity index (χ0n) is 9.50. The molecule has 96 valence electrons. The summed E-state index contributed by atoms with van der Waals surface area (Å²) < 4.78 is 10.3. The molecule has 0 amide bonds. The first-order valence-corrected chi connectivity index (χ1v) is 5.80. The van der Waals surface area contributed by atoms with Crippen molar-refractivity contribution < 1.29 is 29.0 Å². The highest BCUT2D eigenvalue weighted by molar-refractivity contribution is 5.94. The van der Waals surface area contributed by atoms with Crippen LogP contribution < -0.4 is 0 Å². The summed E-state index contributed by atoms with van der Waals surface area (Å²) in [6, 6.07) is 0. The Kier molecular flexibility index (Phi) is 2.09. The number of hydrogen-bond acceptors (Lipinski definition) is 5. The van der Waals surface area contributed by atoms with E-state index in [-0.39, 0.29) is 17.9 Å². The van der Waals surface area contributed by atoms with Gasteiger partial charge < -0.3 is 14.6 Å². The standard InChI is InChI=1S/C12H12O6/c1-2-8(13)18-12-6-3-5(9(12)10(14)15)4-7(6)17-11(12)16/h2,5-7,9H,1,3-4H2,(H,14,15). The second-order valence-corrected chi connectivity index (χ2v) is 5.02. The van der Waals surface area contributed by atoms with Crippen molar-refractivity contribution in [2.24, 2.45) is 17.8 Å². The van der Waals surface area contributed by atoms with Gasteiger partial charge in [-0.1, -0.05) is 6.58 Å². The first-order valence-electron chi connectivity index (χ1n) is 5.80. The molecule has 3 aliphatic rings. The lowest BCUT2D eigenvalue weighted by molar-refractivity contribution is -0.182. The summed E-state index contributed by atoms with van der Waals surface area (Å²) in [4.78, 5) is 34.8. The van der Waals surface area contributed by atoms with E-state index in [0.717, 1.165) is 6.08 Å². The van der Waals surface area contributed by atoms with Crippen LogP contribution in [0.15, 0.2) is 12.7 Å². The Bertz CT molecular complexity index is 469. The molecule has 0 spiro atoms. The average Bonchev–Trinajstić information content (AvgIpc) is 2.87. The van der Waals surface area contributed by atoms with E-state index in [1.165, 1.54) is 0 Å². The van der Waals surface area contributed by atoms with Crippen LogP contribution >= 0.6 is 0 Å². The van der Waals surface area contributed by atoms with Gasteiger partial charge in [0, 0.05) is 12.0 Å². The molecule has 2 saturated carbocycles. The van der Waals surface area contributed by atoms with Crippen LogP contribution in [-0.2, 0) is 23.9 Å². The molecule has 18 heavy (non-hydrogen) atoms. The molecule has 2 bridgehead atoms. The van der Waals surface area contributed by atoms with E-state index in [2.05, 4.69) is 6.58 Å². The van der Waals surface area contributed by atoms with Crippen LogP contribution in [-0.4, -0.2) is 34.7 Å². The third-order valence-corrected chi connectivity index (χ3v) is 4.30. The molecule has 1 heterocycles. The largest absolute Gasteiger partial charge is 0.481 e. The minimum atomic E-state index is -1.63. The van der Waals surface area contributed by atoms with Gasteiger partial charge in [-0.2, -0.15) is 0 Å². The fourth-order valence-electron chi connectivity index (χ4n) is 3.75. The van der Waals surface area contributed by atoms with Gasteiger partial charge >= 0.3 is 17.9 Å². The molecule has 5 atom stereocenters. The number of rotatable bonds is 3. The Morgan fingerprint density at radius 3 is 2.83 bits per heavy atom. The van der Waals surface area contributed by atoms with Crippen molar-refractivity contribution in [1.29, 1.82) is 0 Å². The molecule has 0 radical (unpaired) electrons. The van der Waals surface area contributed by atoms with Gasteiger partial charge in [0.2, 0.25) is 5.60 Å². The number of aliphatic carboxylic acids is 1. The number of esters is 2. The fourth-order valence-corrected chi connectivity index (χ4v) is 3.75. The van der Waals surface area contributed by atoms with Gasteiger partial charge in [-0.25, -0.2) is 9.59 Å². The lowest BCUT2D eigenvalue weighted by Gasteiger charge is -2.32. The second-order valence-electron chi connectivity index (χ2n) is 5.02. The number of hydrogen-bond donors (Lipinski definition) is 1. The minimum absolute atomic E-state index is 0.165. The van der Waals surface area contributed by atoms with Crippen LogP contribution in [0.3, 0.4) is 0 Å². The maximum absolute atomic E-state index is 12.0. The van der Waals surface area contributed by atoms with Gasteiger partial charge in [0.1, 0.15) is 12.0 Å². The molecule has 0 aromatic carbocycles. The molecule has 6 nitrogen and oxygen atoms in total. The Balaban J connectivity index is 2.06. The van der Waals surface area contributed by atoms with E-state index < -0.39 is 29.4 Å². The van der Waals surface area contributed by atoms with Crippen LogP contribution in [0.2, 0.25) is 0 Å². The predicted molar refractivity (Wildman–Crippen MR) is 56.2 cm³/mol. The van der Waals surface area contributed by atoms with Gasteiger partial charge in [-0.15, -0.1) is 0 Å². The second kappa shape index (κ2) is 3.34. The first kappa shape index (κ1) is 11.3. The fraction of sp³-hybridized carbons (Fsp3) is 0.583. The van der Waals surface area contributed by atoms with E-state index in [0.29, 0.717) is 12.8 Å². The SMILES string of the molecule is C=CC(=O)OC12C(=O)OC3CC(CC31)C2C(=O)O. The van der Waals surface area contributed by atoms with Crippen molar-refractivity contribution >= 4 is 17.9 Å². The Hall–Kier alpha value is -1.85. The normalized spacial score (nSPS) is 43.7. The number of carbonyl (C=O) groups excluding carboxylic acids is 2. The van der Waals surface area contributed by atoms with Crippen molar-refractivity contribution in [2.45, 2.75) is 24.5 Å². The summed E-state index contributed by atoms with van der Waals surface area (Å²) in [6.45, 7) is 3.26. The average molecular weight is 252 g/mol. The lowest BCUT2D eigenvalue weighted by Crippen LogP contribution is -2.53. The predicted octanol–water partition coefficient (Wildman–Crippen LogP) is 0.120. The number of carbonyl (C=O) groups is 3. The highest BCUT2D eigenvalue weighted by Gasteiger charge is 2.76. The number of carboxylic acid groups (broad SMARTS) is 1. The third kappa shape index (κ3) is 1.10. The van der Waals surface area contributed by atoms with Crippen LogP contribution in [0.5, 0.6) is 0 Å². The van der Waals surface area contributed by atoms with E-state index in [4.69, 9.17) is 9.47 Å². The van der Waals surface area contributed by atoms with Crippen LogP contribution in [0.25, 0.3) is 0 Å². The molecule has 0 aromatic rings. The van der Waals surface area contributed by atoms with Crippen molar-refractivity contribution in [1.82, 2.24) is 0 Å². The smallest absolute Gasteiger partial charge is 0.352 e. The molecular weight excluding hydrogens is 240 g/mol. The zero-order chi connectivity index (χ0) is 13.1. The molecule has 3 rings (SSSR count). The zero-order valence-corrected chi connectivity index (χ0v) is 9.50. The van der Waals surface area contributed by atoms with Gasteiger partial charge in [-0.05, 0) is 18.8 Å². The van der Waals surface area contributed by atoms with E-state index in [1.54, 1.807) is 0 Å². The van der Waals surface area contributed by atoms with Crippen molar-refractivity contribution in [3.05, 3.63) is 12.7 Å². The molecule has 1 N–H and O–H groups in total. The first-order chi connectivity index (χ1) is 8.50. The van der Waals surface area contributed by atoms with Gasteiger partial charge in [-0.3, -0.25) is 4.79 Å². The lowest BCUT2D eigenvalue weighted by atomic mass is 9.76. The molecular formula is C12H12O6. The quantitative estimate of drug-likeness (QED) is 0.566. The summed E-state index contributed by atoms with van der Waals surface area (Å²) >= 11 is 0. The Labute approximate surface area is 103 Å². The Morgan fingerprint density at radius 2 is 2.22 bits per heavy atom. The van der Waals surface area contributed by atoms with Crippen molar-refractivity contribution in [3.63, 3.8) is 0 Å². The van der Waals surface area contributed by atoms with Gasteiger partial charge in [0.05, 0.1) is 0 Å². The summed E-state index contributed by atoms with van der Waals surface area (Å²) in [5, 5.41) is 9.30. The molecule has 2 aliphatic carbocycles.